The van der Waals surface area contributed by atoms with Crippen LogP contribution in [-0.2, 0) is 10.0 Å². The fourth-order valence-corrected chi connectivity index (χ4v) is 5.34. The van der Waals surface area contributed by atoms with E-state index in [1.165, 1.54) is 28.2 Å². The van der Waals surface area contributed by atoms with Gasteiger partial charge in [-0.15, -0.1) is 11.8 Å². The number of thioether (sulfide) groups is 1. The van der Waals surface area contributed by atoms with Gasteiger partial charge in [-0.1, -0.05) is 18.2 Å². The molecule has 0 radical (unpaired) electrons. The van der Waals surface area contributed by atoms with E-state index in [1.807, 2.05) is 6.26 Å². The van der Waals surface area contributed by atoms with Crippen molar-refractivity contribution in [1.82, 2.24) is 9.62 Å². The zero-order valence-corrected chi connectivity index (χ0v) is 18.1. The Morgan fingerprint density at radius 2 is 1.87 bits per heavy atom. The second-order valence-corrected chi connectivity index (χ2v) is 9.83. The van der Waals surface area contributed by atoms with Crippen LogP contribution in [-0.4, -0.2) is 49.4 Å². The highest BCUT2D eigenvalue weighted by atomic mass is 32.2. The van der Waals surface area contributed by atoms with Crippen molar-refractivity contribution in [3.05, 3.63) is 64.2 Å². The number of benzene rings is 2. The fraction of sp³-hybridized carbons (Fsp3) is 0.350. The number of sulfonamides is 1. The van der Waals surface area contributed by atoms with E-state index in [0.717, 1.165) is 4.90 Å². The summed E-state index contributed by atoms with van der Waals surface area (Å²) in [5.74, 6) is -0.379. The van der Waals surface area contributed by atoms with Crippen LogP contribution < -0.4 is 5.32 Å². The molecule has 1 amide bonds. The zero-order chi connectivity index (χ0) is 21.7. The first kappa shape index (κ1) is 22.3. The van der Waals surface area contributed by atoms with E-state index in [-0.39, 0.29) is 22.1 Å². The molecule has 2 aromatic carbocycles. The number of nitro benzene ring substituents is 1. The number of hydrogen-bond donors (Lipinski definition) is 1. The van der Waals surface area contributed by atoms with Crippen LogP contribution in [0.5, 0.6) is 0 Å². The van der Waals surface area contributed by atoms with Gasteiger partial charge in [-0.2, -0.15) is 4.31 Å². The standard InChI is InChI=1S/C20H23N3O5S2/c1-29-16-7-8-19(23(25)26)18(13-16)20(24)21-14-15-9-11-22(12-10-15)30(27,28)17-5-3-2-4-6-17/h2-8,13,15H,9-12,14H2,1H3,(H,21,24). The molecule has 0 bridgehead atoms. The van der Waals surface area contributed by atoms with E-state index in [0.29, 0.717) is 32.5 Å². The average Bonchev–Trinajstić information content (AvgIpc) is 2.77. The number of amides is 1. The summed E-state index contributed by atoms with van der Waals surface area (Å²) in [7, 11) is -3.51. The molecule has 1 N–H and O–H groups in total. The smallest absolute Gasteiger partial charge is 0.282 e. The molecule has 0 aromatic heterocycles. The summed E-state index contributed by atoms with van der Waals surface area (Å²) in [6.07, 6.45) is 3.05. The molecule has 160 valence electrons. The number of nitrogens with zero attached hydrogens (tertiary/aromatic N) is 2. The van der Waals surface area contributed by atoms with Gasteiger partial charge in [0.25, 0.3) is 11.6 Å². The molecule has 0 aliphatic carbocycles. The summed E-state index contributed by atoms with van der Waals surface area (Å²) in [6, 6.07) is 12.8. The second kappa shape index (κ2) is 9.59. The van der Waals surface area contributed by atoms with Crippen LogP contribution in [0.15, 0.2) is 58.3 Å². The molecule has 1 saturated heterocycles. The summed E-state index contributed by atoms with van der Waals surface area (Å²) in [4.78, 5) is 24.3. The van der Waals surface area contributed by atoms with Gasteiger partial charge in [0.15, 0.2) is 0 Å². The Kier molecular flexibility index (Phi) is 7.11. The van der Waals surface area contributed by atoms with Crippen molar-refractivity contribution in [2.75, 3.05) is 25.9 Å². The van der Waals surface area contributed by atoms with Gasteiger partial charge in [-0.05, 0) is 49.3 Å². The lowest BCUT2D eigenvalue weighted by Gasteiger charge is -2.31. The van der Waals surface area contributed by atoms with Crippen LogP contribution in [0, 0.1) is 16.0 Å². The highest BCUT2D eigenvalue weighted by molar-refractivity contribution is 7.98. The third-order valence-corrected chi connectivity index (χ3v) is 7.79. The first-order valence-corrected chi connectivity index (χ1v) is 12.1. The summed E-state index contributed by atoms with van der Waals surface area (Å²) >= 11 is 1.40. The SMILES string of the molecule is CSc1ccc([N+](=O)[O-])c(C(=O)NCC2CCN(S(=O)(=O)c3ccccc3)CC2)c1. The third-order valence-electron chi connectivity index (χ3n) is 5.15. The largest absolute Gasteiger partial charge is 0.352 e. The van der Waals surface area contributed by atoms with E-state index >= 15 is 0 Å². The van der Waals surface area contributed by atoms with Gasteiger partial charge in [-0.25, -0.2) is 8.42 Å². The molecule has 2 aromatic rings. The quantitative estimate of drug-likeness (QED) is 0.395. The van der Waals surface area contributed by atoms with Gasteiger partial charge in [-0.3, -0.25) is 14.9 Å². The lowest BCUT2D eigenvalue weighted by Crippen LogP contribution is -2.41. The number of carbonyl (C=O) groups is 1. The first-order valence-electron chi connectivity index (χ1n) is 9.48. The molecule has 3 rings (SSSR count). The predicted molar refractivity (Wildman–Crippen MR) is 115 cm³/mol. The molecule has 0 unspecified atom stereocenters. The van der Waals surface area contributed by atoms with Crippen LogP contribution in [0.25, 0.3) is 0 Å². The summed E-state index contributed by atoms with van der Waals surface area (Å²) < 4.78 is 26.9. The predicted octanol–water partition coefficient (Wildman–Crippen LogP) is 3.15. The van der Waals surface area contributed by atoms with E-state index in [9.17, 15) is 23.3 Å². The number of nitrogens with one attached hydrogen (secondary N) is 1. The second-order valence-electron chi connectivity index (χ2n) is 7.01. The molecule has 0 spiro atoms. The number of carbonyl (C=O) groups excluding carboxylic acids is 1. The topological polar surface area (TPSA) is 110 Å². The molecule has 1 heterocycles. The van der Waals surface area contributed by atoms with Crippen LogP contribution in [0.4, 0.5) is 5.69 Å². The van der Waals surface area contributed by atoms with Gasteiger partial charge in [0.1, 0.15) is 5.56 Å². The molecule has 10 heteroatoms. The van der Waals surface area contributed by atoms with E-state index in [1.54, 1.807) is 36.4 Å². The van der Waals surface area contributed by atoms with Crippen LogP contribution in [0.3, 0.4) is 0 Å². The van der Waals surface area contributed by atoms with Crippen molar-refractivity contribution in [2.45, 2.75) is 22.6 Å². The van der Waals surface area contributed by atoms with Gasteiger partial charge in [0, 0.05) is 30.6 Å². The van der Waals surface area contributed by atoms with Crippen molar-refractivity contribution >= 4 is 33.4 Å². The Morgan fingerprint density at radius 1 is 1.20 bits per heavy atom. The molecule has 30 heavy (non-hydrogen) atoms. The Balaban J connectivity index is 1.59. The normalized spacial score (nSPS) is 15.6. The third kappa shape index (κ3) is 5.00. The molecular weight excluding hydrogens is 426 g/mol. The average molecular weight is 450 g/mol. The van der Waals surface area contributed by atoms with E-state index < -0.39 is 20.9 Å². The minimum atomic E-state index is -3.51. The highest BCUT2D eigenvalue weighted by Gasteiger charge is 2.30. The first-order chi connectivity index (χ1) is 14.3. The Hall–Kier alpha value is -2.43. The summed E-state index contributed by atoms with van der Waals surface area (Å²) in [5.41, 5.74) is -0.190. The monoisotopic (exact) mass is 449 g/mol. The minimum absolute atomic E-state index is 0.0379. The van der Waals surface area contributed by atoms with Gasteiger partial charge >= 0.3 is 0 Å². The van der Waals surface area contributed by atoms with Gasteiger partial charge < -0.3 is 5.32 Å². The Labute approximate surface area is 179 Å². The molecule has 0 saturated carbocycles. The molecule has 8 nitrogen and oxygen atoms in total. The van der Waals surface area contributed by atoms with Crippen molar-refractivity contribution in [1.29, 1.82) is 0 Å². The minimum Gasteiger partial charge on any atom is -0.352 e. The number of nitro groups is 1. The Bertz CT molecular complexity index is 1020. The van der Waals surface area contributed by atoms with E-state index in [2.05, 4.69) is 5.32 Å². The van der Waals surface area contributed by atoms with Crippen molar-refractivity contribution in [2.24, 2.45) is 5.92 Å². The maximum Gasteiger partial charge on any atom is 0.282 e. The van der Waals surface area contributed by atoms with Gasteiger partial charge in [0.2, 0.25) is 10.0 Å². The summed E-state index contributed by atoms with van der Waals surface area (Å²) in [6.45, 7) is 1.10. The lowest BCUT2D eigenvalue weighted by molar-refractivity contribution is -0.385. The van der Waals surface area contributed by atoms with Crippen LogP contribution in [0.1, 0.15) is 23.2 Å². The highest BCUT2D eigenvalue weighted by Crippen LogP contribution is 2.26. The number of piperidine rings is 1. The molecular formula is C20H23N3O5S2. The lowest BCUT2D eigenvalue weighted by atomic mass is 9.98. The molecule has 1 aliphatic heterocycles. The van der Waals surface area contributed by atoms with Crippen molar-refractivity contribution in [3.8, 4) is 0 Å². The summed E-state index contributed by atoms with van der Waals surface area (Å²) in [5, 5.41) is 14.0. The van der Waals surface area contributed by atoms with Crippen molar-refractivity contribution < 1.29 is 18.1 Å². The molecule has 1 fully saturated rings. The Morgan fingerprint density at radius 3 is 2.47 bits per heavy atom. The van der Waals surface area contributed by atoms with Crippen LogP contribution in [0.2, 0.25) is 0 Å². The number of hydrogen-bond acceptors (Lipinski definition) is 6. The van der Waals surface area contributed by atoms with E-state index in [4.69, 9.17) is 0 Å². The number of rotatable bonds is 7. The molecule has 1 aliphatic rings. The van der Waals surface area contributed by atoms with Crippen molar-refractivity contribution in [3.63, 3.8) is 0 Å². The fourth-order valence-electron chi connectivity index (χ4n) is 3.41. The zero-order valence-electron chi connectivity index (χ0n) is 16.5. The maximum absolute atomic E-state index is 12.7. The maximum atomic E-state index is 12.7. The van der Waals surface area contributed by atoms with Crippen LogP contribution >= 0.6 is 11.8 Å². The molecule has 0 atom stereocenters. The van der Waals surface area contributed by atoms with Gasteiger partial charge in [0.05, 0.1) is 9.82 Å².